The Hall–Kier alpha value is -2.21. The van der Waals surface area contributed by atoms with E-state index in [4.69, 9.17) is 20.8 Å². The van der Waals surface area contributed by atoms with Crippen LogP contribution in [0.25, 0.3) is 5.70 Å². The Morgan fingerprint density at radius 3 is 2.81 bits per heavy atom. The summed E-state index contributed by atoms with van der Waals surface area (Å²) in [5.74, 6) is 1.65. The lowest BCUT2D eigenvalue weighted by molar-refractivity contribution is -0.0328. The second-order valence-electron chi connectivity index (χ2n) is 6.23. The number of hydrogen-bond acceptors (Lipinski definition) is 4. The van der Waals surface area contributed by atoms with Crippen LogP contribution in [0.2, 0.25) is 5.02 Å². The first-order valence-electron chi connectivity index (χ1n) is 8.21. The Kier molecular flexibility index (Phi) is 3.81. The quantitative estimate of drug-likeness (QED) is 0.568. The highest BCUT2D eigenvalue weighted by atomic mass is 79.9. The number of halogens is 2. The van der Waals surface area contributed by atoms with Crippen molar-refractivity contribution in [3.8, 4) is 5.75 Å². The van der Waals surface area contributed by atoms with E-state index in [2.05, 4.69) is 38.5 Å². The van der Waals surface area contributed by atoms with Crippen molar-refractivity contribution in [3.63, 3.8) is 0 Å². The van der Waals surface area contributed by atoms with Crippen LogP contribution in [0.4, 0.5) is 0 Å². The Bertz CT molecular complexity index is 1000. The van der Waals surface area contributed by atoms with E-state index < -0.39 is 0 Å². The van der Waals surface area contributed by atoms with Crippen LogP contribution < -0.4 is 10.2 Å². The Labute approximate surface area is 164 Å². The van der Waals surface area contributed by atoms with E-state index in [-0.39, 0.29) is 12.3 Å². The zero-order valence-corrected chi connectivity index (χ0v) is 15.9. The van der Waals surface area contributed by atoms with Crippen molar-refractivity contribution in [2.24, 2.45) is 0 Å². The largest absolute Gasteiger partial charge is 0.469 e. The average Bonchev–Trinajstić information content (AvgIpc) is 3.31. The molecule has 2 aromatic carbocycles. The number of nitrogens with zero attached hydrogens (tertiary/aromatic N) is 1. The summed E-state index contributed by atoms with van der Waals surface area (Å²) in [7, 11) is 0. The van der Waals surface area contributed by atoms with Gasteiger partial charge in [0.25, 0.3) is 0 Å². The lowest BCUT2D eigenvalue weighted by atomic mass is 10.0. The molecule has 2 aliphatic heterocycles. The van der Waals surface area contributed by atoms with Gasteiger partial charge in [0.1, 0.15) is 5.75 Å². The van der Waals surface area contributed by atoms with Crippen LogP contribution in [0.5, 0.6) is 5.75 Å². The van der Waals surface area contributed by atoms with E-state index in [1.54, 1.807) is 6.26 Å². The summed E-state index contributed by atoms with van der Waals surface area (Å²) >= 11 is 9.77. The van der Waals surface area contributed by atoms with Crippen molar-refractivity contribution in [3.05, 3.63) is 93.3 Å². The molecule has 26 heavy (non-hydrogen) atoms. The highest BCUT2D eigenvalue weighted by Crippen LogP contribution is 2.46. The van der Waals surface area contributed by atoms with Crippen molar-refractivity contribution in [2.45, 2.75) is 12.3 Å². The maximum atomic E-state index is 6.33. The predicted octanol–water partition coefficient (Wildman–Crippen LogP) is 5.69. The third-order valence-corrected chi connectivity index (χ3v) is 5.30. The van der Waals surface area contributed by atoms with Gasteiger partial charge in [-0.05, 0) is 48.5 Å². The molecule has 0 spiro atoms. The molecular weight excluding hydrogens is 416 g/mol. The zero-order chi connectivity index (χ0) is 17.7. The molecule has 2 aliphatic rings. The molecule has 130 valence electrons. The van der Waals surface area contributed by atoms with Gasteiger partial charge in [-0.3, -0.25) is 0 Å². The SMILES string of the molecule is Clc1cccc([C@@H]2Oc3ccc(Br)cc3[C@H]3C=C(c4ccco4)NN32)c1. The van der Waals surface area contributed by atoms with Gasteiger partial charge < -0.3 is 14.6 Å². The molecule has 4 nitrogen and oxygen atoms in total. The Morgan fingerprint density at radius 1 is 1.08 bits per heavy atom. The van der Waals surface area contributed by atoms with Crippen LogP contribution in [0.15, 0.2) is 75.8 Å². The van der Waals surface area contributed by atoms with Crippen LogP contribution in [0, 0.1) is 0 Å². The first-order valence-corrected chi connectivity index (χ1v) is 9.38. The zero-order valence-electron chi connectivity index (χ0n) is 13.5. The number of rotatable bonds is 2. The highest BCUT2D eigenvalue weighted by molar-refractivity contribution is 9.10. The average molecular weight is 430 g/mol. The summed E-state index contributed by atoms with van der Waals surface area (Å²) in [6, 6.07) is 17.6. The molecule has 0 unspecified atom stereocenters. The summed E-state index contributed by atoms with van der Waals surface area (Å²) in [4.78, 5) is 0. The van der Waals surface area contributed by atoms with E-state index in [0.29, 0.717) is 5.02 Å². The minimum atomic E-state index is -0.309. The number of furan rings is 1. The molecule has 3 heterocycles. The van der Waals surface area contributed by atoms with Crippen LogP contribution in [-0.4, -0.2) is 5.01 Å². The first kappa shape index (κ1) is 16.0. The second kappa shape index (κ2) is 6.20. The van der Waals surface area contributed by atoms with Crippen molar-refractivity contribution < 1.29 is 9.15 Å². The first-order chi connectivity index (χ1) is 12.7. The topological polar surface area (TPSA) is 37.6 Å². The lowest BCUT2D eigenvalue weighted by Gasteiger charge is -2.39. The molecule has 0 amide bonds. The van der Waals surface area contributed by atoms with Crippen molar-refractivity contribution in [1.82, 2.24) is 10.4 Å². The molecule has 3 aromatic rings. The van der Waals surface area contributed by atoms with Crippen molar-refractivity contribution in [2.75, 3.05) is 0 Å². The number of hydrogen-bond donors (Lipinski definition) is 1. The van der Waals surface area contributed by atoms with E-state index in [0.717, 1.165) is 32.8 Å². The van der Waals surface area contributed by atoms with Gasteiger partial charge in [0, 0.05) is 20.6 Å². The number of nitrogens with one attached hydrogen (secondary N) is 1. The molecule has 0 aliphatic carbocycles. The normalized spacial score (nSPS) is 21.4. The van der Waals surface area contributed by atoms with Gasteiger partial charge in [-0.1, -0.05) is 39.7 Å². The van der Waals surface area contributed by atoms with Crippen LogP contribution in [0.1, 0.15) is 29.2 Å². The maximum Gasteiger partial charge on any atom is 0.196 e. The summed E-state index contributed by atoms with van der Waals surface area (Å²) in [6.45, 7) is 0. The predicted molar refractivity (Wildman–Crippen MR) is 103 cm³/mol. The fraction of sp³-hybridized carbons (Fsp3) is 0.100. The summed E-state index contributed by atoms with van der Waals surface area (Å²) in [5.41, 5.74) is 6.43. The summed E-state index contributed by atoms with van der Waals surface area (Å²) in [6.07, 6.45) is 3.52. The molecule has 0 fully saturated rings. The van der Waals surface area contributed by atoms with Gasteiger partial charge >= 0.3 is 0 Å². The smallest absolute Gasteiger partial charge is 0.196 e. The van der Waals surface area contributed by atoms with Crippen LogP contribution in [0.3, 0.4) is 0 Å². The summed E-state index contributed by atoms with van der Waals surface area (Å²) < 4.78 is 12.9. The van der Waals surface area contributed by atoms with Gasteiger partial charge in [0.15, 0.2) is 12.0 Å². The monoisotopic (exact) mass is 428 g/mol. The molecule has 1 N–H and O–H groups in total. The van der Waals surface area contributed by atoms with Gasteiger partial charge in [0.05, 0.1) is 18.0 Å². The second-order valence-corrected chi connectivity index (χ2v) is 7.58. The fourth-order valence-electron chi connectivity index (χ4n) is 3.42. The molecule has 6 heteroatoms. The maximum absolute atomic E-state index is 6.33. The Balaban J connectivity index is 1.62. The van der Waals surface area contributed by atoms with Gasteiger partial charge in [-0.15, -0.1) is 0 Å². The molecule has 0 bridgehead atoms. The number of hydrazine groups is 1. The van der Waals surface area contributed by atoms with Gasteiger partial charge in [-0.25, -0.2) is 0 Å². The standard InChI is InChI=1S/C20H14BrClN2O2/c21-13-6-7-18-15(10-13)17-11-16(19-5-2-8-25-19)23-24(17)20(26-18)12-3-1-4-14(22)9-12/h1-11,17,20,23H/t17-,20+/m1/s1. The summed E-state index contributed by atoms with van der Waals surface area (Å²) in [5, 5.41) is 2.76. The highest BCUT2D eigenvalue weighted by Gasteiger charge is 2.40. The van der Waals surface area contributed by atoms with Gasteiger partial charge in [0.2, 0.25) is 0 Å². The van der Waals surface area contributed by atoms with E-state index >= 15 is 0 Å². The van der Waals surface area contributed by atoms with Crippen LogP contribution >= 0.6 is 27.5 Å². The molecule has 0 saturated heterocycles. The number of benzene rings is 2. The molecule has 0 saturated carbocycles. The van der Waals surface area contributed by atoms with Gasteiger partial charge in [-0.2, -0.15) is 5.01 Å². The van der Waals surface area contributed by atoms with E-state index in [1.165, 1.54) is 0 Å². The van der Waals surface area contributed by atoms with Crippen molar-refractivity contribution >= 4 is 33.2 Å². The minimum Gasteiger partial charge on any atom is -0.469 e. The molecule has 5 rings (SSSR count). The van der Waals surface area contributed by atoms with Crippen LogP contribution in [-0.2, 0) is 0 Å². The fourth-order valence-corrected chi connectivity index (χ4v) is 4.00. The van der Waals surface area contributed by atoms with E-state index in [1.807, 2.05) is 48.5 Å². The molecule has 1 aromatic heterocycles. The van der Waals surface area contributed by atoms with E-state index in [9.17, 15) is 0 Å². The number of fused-ring (bicyclic) bond motifs is 3. The molecular formula is C20H14BrClN2O2. The minimum absolute atomic E-state index is 0.0142. The van der Waals surface area contributed by atoms with Crippen molar-refractivity contribution in [1.29, 1.82) is 0 Å². The third kappa shape index (κ3) is 2.63. The molecule has 2 atom stereocenters. The number of ether oxygens (including phenoxy) is 1. The lowest BCUT2D eigenvalue weighted by Crippen LogP contribution is -2.43. The Morgan fingerprint density at radius 2 is 2.00 bits per heavy atom. The third-order valence-electron chi connectivity index (χ3n) is 4.58. The molecule has 0 radical (unpaired) electrons.